The van der Waals surface area contributed by atoms with Crippen LogP contribution in [0.15, 0.2) is 48.5 Å². The molecule has 1 aliphatic heterocycles. The first kappa shape index (κ1) is 15.4. The number of carbonyl (C=O) groups is 2. The summed E-state index contributed by atoms with van der Waals surface area (Å²) in [6.45, 7) is 0.471. The second-order valence-corrected chi connectivity index (χ2v) is 6.13. The molecule has 0 saturated carbocycles. The van der Waals surface area contributed by atoms with Gasteiger partial charge in [-0.3, -0.25) is 9.59 Å². The van der Waals surface area contributed by atoms with Crippen molar-refractivity contribution < 1.29 is 9.59 Å². The molecule has 6 heteroatoms. The maximum Gasteiger partial charge on any atom is 0.228 e. The van der Waals surface area contributed by atoms with Crippen molar-refractivity contribution in [3.63, 3.8) is 0 Å². The average molecular weight is 334 g/mol. The molecule has 0 fully saturated rings. The Morgan fingerprint density at radius 3 is 2.84 bits per heavy atom. The summed E-state index contributed by atoms with van der Waals surface area (Å²) in [5.74, 6) is 0.137. The summed E-state index contributed by atoms with van der Waals surface area (Å²) in [7, 11) is 0. The first-order valence-corrected chi connectivity index (χ1v) is 8.31. The minimum absolute atomic E-state index is 0.126. The van der Waals surface area contributed by atoms with E-state index in [4.69, 9.17) is 0 Å². The average Bonchev–Trinajstić information content (AvgIpc) is 3.03. The highest BCUT2D eigenvalue weighted by molar-refractivity contribution is 6.01. The van der Waals surface area contributed by atoms with E-state index in [0.29, 0.717) is 13.0 Å². The summed E-state index contributed by atoms with van der Waals surface area (Å²) in [5.41, 5.74) is 3.49. The van der Waals surface area contributed by atoms with Crippen LogP contribution in [0, 0.1) is 0 Å². The van der Waals surface area contributed by atoms with Crippen molar-refractivity contribution in [1.29, 1.82) is 0 Å². The van der Waals surface area contributed by atoms with Gasteiger partial charge >= 0.3 is 0 Å². The lowest BCUT2D eigenvalue weighted by molar-refractivity contribution is -0.126. The van der Waals surface area contributed by atoms with E-state index in [1.165, 1.54) is 0 Å². The zero-order chi connectivity index (χ0) is 17.2. The zero-order valence-electron chi connectivity index (χ0n) is 13.6. The van der Waals surface area contributed by atoms with Gasteiger partial charge in [0.1, 0.15) is 5.82 Å². The van der Waals surface area contributed by atoms with Crippen molar-refractivity contribution in [2.75, 3.05) is 11.9 Å². The van der Waals surface area contributed by atoms with Crippen LogP contribution in [0.3, 0.4) is 0 Å². The molecule has 1 aromatic heterocycles. The number of benzene rings is 2. The maximum atomic E-state index is 12.5. The number of nitrogens with zero attached hydrogens (tertiary/aromatic N) is 1. The SMILES string of the molecule is O=C1CC(C(=O)NCCc2nc3ccccc3[nH]2)c2ccccc2N1. The number of hydrogen-bond acceptors (Lipinski definition) is 3. The van der Waals surface area contributed by atoms with Gasteiger partial charge in [-0.25, -0.2) is 4.98 Å². The molecule has 0 bridgehead atoms. The van der Waals surface area contributed by atoms with Gasteiger partial charge in [-0.2, -0.15) is 0 Å². The molecule has 2 heterocycles. The Bertz CT molecular complexity index is 914. The molecule has 2 amide bonds. The molecule has 2 aromatic carbocycles. The van der Waals surface area contributed by atoms with Crippen LogP contribution in [-0.4, -0.2) is 28.3 Å². The van der Waals surface area contributed by atoms with Crippen LogP contribution in [0.2, 0.25) is 0 Å². The molecule has 4 rings (SSSR count). The molecule has 0 spiro atoms. The molecule has 1 atom stereocenters. The molecular formula is C19H18N4O2. The molecule has 0 radical (unpaired) electrons. The summed E-state index contributed by atoms with van der Waals surface area (Å²) < 4.78 is 0. The third kappa shape index (κ3) is 3.10. The number of H-pyrrole nitrogens is 1. The summed E-state index contributed by atoms with van der Waals surface area (Å²) in [6, 6.07) is 15.3. The predicted molar refractivity (Wildman–Crippen MR) is 95.2 cm³/mol. The fraction of sp³-hybridized carbons (Fsp3) is 0.211. The number of rotatable bonds is 4. The number of aromatic amines is 1. The van der Waals surface area contributed by atoms with E-state index in [1.54, 1.807) is 0 Å². The van der Waals surface area contributed by atoms with Crippen LogP contribution in [0.5, 0.6) is 0 Å². The number of hydrogen-bond donors (Lipinski definition) is 3. The standard InChI is InChI=1S/C19H18N4O2/c24-18-11-13(12-5-1-2-6-14(12)23-18)19(25)20-10-9-17-21-15-7-3-4-8-16(15)22-17/h1-8,13H,9-11H2,(H,20,25)(H,21,22)(H,23,24). The Morgan fingerprint density at radius 2 is 1.96 bits per heavy atom. The number of fused-ring (bicyclic) bond motifs is 2. The molecular weight excluding hydrogens is 316 g/mol. The molecule has 1 unspecified atom stereocenters. The quantitative estimate of drug-likeness (QED) is 0.684. The van der Waals surface area contributed by atoms with Gasteiger partial charge in [0.2, 0.25) is 11.8 Å². The van der Waals surface area contributed by atoms with Crippen LogP contribution in [0.4, 0.5) is 5.69 Å². The molecule has 3 aromatic rings. The third-order valence-corrected chi connectivity index (χ3v) is 4.42. The highest BCUT2D eigenvalue weighted by atomic mass is 16.2. The molecule has 25 heavy (non-hydrogen) atoms. The van der Waals surface area contributed by atoms with Gasteiger partial charge in [-0.05, 0) is 23.8 Å². The Kier molecular flexibility index (Phi) is 3.93. The molecule has 0 saturated heterocycles. The Labute approximate surface area is 144 Å². The van der Waals surface area contributed by atoms with E-state index in [-0.39, 0.29) is 18.2 Å². The second-order valence-electron chi connectivity index (χ2n) is 6.13. The van der Waals surface area contributed by atoms with Crippen molar-refractivity contribution in [2.24, 2.45) is 0 Å². The lowest BCUT2D eigenvalue weighted by atomic mass is 9.90. The van der Waals surface area contributed by atoms with Gasteiger partial charge in [0.05, 0.1) is 17.0 Å². The molecule has 126 valence electrons. The Morgan fingerprint density at radius 1 is 1.16 bits per heavy atom. The summed E-state index contributed by atoms with van der Waals surface area (Å²) in [6.07, 6.45) is 0.786. The van der Waals surface area contributed by atoms with E-state index in [9.17, 15) is 9.59 Å². The molecule has 3 N–H and O–H groups in total. The fourth-order valence-electron chi connectivity index (χ4n) is 3.20. The van der Waals surface area contributed by atoms with E-state index in [1.807, 2.05) is 48.5 Å². The van der Waals surface area contributed by atoms with Crippen molar-refractivity contribution in [2.45, 2.75) is 18.8 Å². The van der Waals surface area contributed by atoms with Crippen molar-refractivity contribution in [3.8, 4) is 0 Å². The van der Waals surface area contributed by atoms with Gasteiger partial charge in [-0.15, -0.1) is 0 Å². The summed E-state index contributed by atoms with van der Waals surface area (Å²) in [5, 5.41) is 5.74. The van der Waals surface area contributed by atoms with E-state index >= 15 is 0 Å². The highest BCUT2D eigenvalue weighted by Crippen LogP contribution is 2.31. The Hall–Kier alpha value is -3.15. The normalized spacial score (nSPS) is 16.3. The minimum atomic E-state index is -0.444. The van der Waals surface area contributed by atoms with Crippen molar-refractivity contribution >= 4 is 28.5 Å². The maximum absolute atomic E-state index is 12.5. The summed E-state index contributed by atoms with van der Waals surface area (Å²) in [4.78, 5) is 32.1. The van der Waals surface area contributed by atoms with Gasteiger partial charge in [0.25, 0.3) is 0 Å². The van der Waals surface area contributed by atoms with Gasteiger partial charge < -0.3 is 15.6 Å². The molecule has 0 aliphatic carbocycles. The number of imidazole rings is 1. The van der Waals surface area contributed by atoms with Crippen molar-refractivity contribution in [3.05, 3.63) is 59.9 Å². The van der Waals surface area contributed by atoms with Gasteiger partial charge in [-0.1, -0.05) is 30.3 Å². The lowest BCUT2D eigenvalue weighted by Gasteiger charge is -2.24. The van der Waals surface area contributed by atoms with E-state index in [0.717, 1.165) is 28.1 Å². The van der Waals surface area contributed by atoms with Crippen LogP contribution in [-0.2, 0) is 16.0 Å². The van der Waals surface area contributed by atoms with E-state index in [2.05, 4.69) is 20.6 Å². The lowest BCUT2D eigenvalue weighted by Crippen LogP contribution is -2.36. The van der Waals surface area contributed by atoms with Crippen LogP contribution in [0.25, 0.3) is 11.0 Å². The summed E-state index contributed by atoms with van der Waals surface area (Å²) >= 11 is 0. The van der Waals surface area contributed by atoms with Gasteiger partial charge in [0.15, 0.2) is 0 Å². The first-order chi connectivity index (χ1) is 12.2. The second kappa shape index (κ2) is 6.39. The molecule has 1 aliphatic rings. The topological polar surface area (TPSA) is 86.9 Å². The molecule has 6 nitrogen and oxygen atoms in total. The largest absolute Gasteiger partial charge is 0.355 e. The number of carbonyl (C=O) groups excluding carboxylic acids is 2. The van der Waals surface area contributed by atoms with Gasteiger partial charge in [0, 0.05) is 25.1 Å². The number of amides is 2. The zero-order valence-corrected chi connectivity index (χ0v) is 13.6. The van der Waals surface area contributed by atoms with E-state index < -0.39 is 5.92 Å². The first-order valence-electron chi connectivity index (χ1n) is 8.31. The number of nitrogens with one attached hydrogen (secondary N) is 3. The third-order valence-electron chi connectivity index (χ3n) is 4.42. The minimum Gasteiger partial charge on any atom is -0.355 e. The number of para-hydroxylation sites is 3. The highest BCUT2D eigenvalue weighted by Gasteiger charge is 2.30. The number of anilines is 1. The number of aromatic nitrogens is 2. The fourth-order valence-corrected chi connectivity index (χ4v) is 3.20. The van der Waals surface area contributed by atoms with Crippen molar-refractivity contribution in [1.82, 2.24) is 15.3 Å². The Balaban J connectivity index is 1.41. The van der Waals surface area contributed by atoms with Crippen LogP contribution in [0.1, 0.15) is 23.7 Å². The predicted octanol–water partition coefficient (Wildman–Crippen LogP) is 2.35. The van der Waals surface area contributed by atoms with Crippen LogP contribution >= 0.6 is 0 Å². The smallest absolute Gasteiger partial charge is 0.228 e. The monoisotopic (exact) mass is 334 g/mol. The van der Waals surface area contributed by atoms with Crippen LogP contribution < -0.4 is 10.6 Å².